The molecule has 0 saturated carbocycles. The van der Waals surface area contributed by atoms with Crippen molar-refractivity contribution in [2.24, 2.45) is 0 Å². The fraction of sp³-hybridized carbons (Fsp3) is 0. The summed E-state index contributed by atoms with van der Waals surface area (Å²) in [6.45, 7) is 0. The van der Waals surface area contributed by atoms with Gasteiger partial charge in [-0.15, -0.1) is 12.6 Å². The highest BCUT2D eigenvalue weighted by Gasteiger charge is 2.09. The Bertz CT molecular complexity index is 954. The van der Waals surface area contributed by atoms with E-state index in [4.69, 9.17) is 0 Å². The number of rotatable bonds is 1. The van der Waals surface area contributed by atoms with Crippen LogP contribution in [0.3, 0.4) is 0 Å². The van der Waals surface area contributed by atoms with Crippen LogP contribution < -0.4 is 0 Å². The quantitative estimate of drug-likeness (QED) is 0.324. The molecular formula is C20H14S. The lowest BCUT2D eigenvalue weighted by atomic mass is 9.93. The van der Waals surface area contributed by atoms with Crippen LogP contribution in [0.25, 0.3) is 32.7 Å². The van der Waals surface area contributed by atoms with Crippen LogP contribution in [0.5, 0.6) is 0 Å². The minimum Gasteiger partial charge on any atom is -0.143 e. The molecule has 0 nitrogen and oxygen atoms in total. The largest absolute Gasteiger partial charge is 0.143 e. The van der Waals surface area contributed by atoms with Crippen LogP contribution in [0, 0.1) is 0 Å². The first-order chi connectivity index (χ1) is 10.3. The first-order valence-corrected chi connectivity index (χ1v) is 7.48. The van der Waals surface area contributed by atoms with E-state index >= 15 is 0 Å². The zero-order valence-corrected chi connectivity index (χ0v) is 12.3. The summed E-state index contributed by atoms with van der Waals surface area (Å²) in [5, 5.41) is 5.14. The molecule has 4 aromatic carbocycles. The summed E-state index contributed by atoms with van der Waals surface area (Å²) < 4.78 is 0. The highest BCUT2D eigenvalue weighted by atomic mass is 32.1. The minimum absolute atomic E-state index is 1.01. The molecule has 1 heteroatoms. The van der Waals surface area contributed by atoms with Gasteiger partial charge in [-0.2, -0.15) is 0 Å². The number of hydrogen-bond donors (Lipinski definition) is 1. The van der Waals surface area contributed by atoms with E-state index < -0.39 is 0 Å². The Kier molecular flexibility index (Phi) is 2.94. The van der Waals surface area contributed by atoms with E-state index in [2.05, 4.69) is 79.4 Å². The average Bonchev–Trinajstić information content (AvgIpc) is 2.55. The topological polar surface area (TPSA) is 0 Å². The summed E-state index contributed by atoms with van der Waals surface area (Å²) in [7, 11) is 0. The van der Waals surface area contributed by atoms with Crippen LogP contribution in [0.15, 0.2) is 83.8 Å². The molecule has 0 fully saturated rings. The average molecular weight is 286 g/mol. The van der Waals surface area contributed by atoms with Crippen LogP contribution in [0.2, 0.25) is 0 Å². The Labute approximate surface area is 129 Å². The molecule has 0 bridgehead atoms. The van der Waals surface area contributed by atoms with E-state index in [9.17, 15) is 0 Å². The van der Waals surface area contributed by atoms with Crippen molar-refractivity contribution in [1.82, 2.24) is 0 Å². The first kappa shape index (κ1) is 12.5. The molecule has 0 atom stereocenters. The SMILES string of the molecule is Sc1ccccc1-c1cc2ccccc2c2ccccc12. The van der Waals surface area contributed by atoms with Gasteiger partial charge in [0.05, 0.1) is 0 Å². The standard InChI is InChI=1S/C20H14S/c21-20-12-6-5-11-18(20)19-13-14-7-1-2-8-15(14)16-9-3-4-10-17(16)19/h1-13,21H. The van der Waals surface area contributed by atoms with Crippen molar-refractivity contribution in [3.63, 3.8) is 0 Å². The molecule has 21 heavy (non-hydrogen) atoms. The summed E-state index contributed by atoms with van der Waals surface area (Å²) in [6, 6.07) is 27.7. The maximum atomic E-state index is 4.63. The Hall–Kier alpha value is -2.25. The van der Waals surface area contributed by atoms with Crippen molar-refractivity contribution in [3.8, 4) is 11.1 Å². The fourth-order valence-electron chi connectivity index (χ4n) is 2.98. The maximum absolute atomic E-state index is 4.63. The van der Waals surface area contributed by atoms with Crippen LogP contribution in [-0.2, 0) is 0 Å². The van der Waals surface area contributed by atoms with Gasteiger partial charge in [-0.1, -0.05) is 66.7 Å². The first-order valence-electron chi connectivity index (χ1n) is 7.03. The number of benzene rings is 4. The number of hydrogen-bond acceptors (Lipinski definition) is 1. The van der Waals surface area contributed by atoms with Gasteiger partial charge in [0.15, 0.2) is 0 Å². The summed E-state index contributed by atoms with van der Waals surface area (Å²) >= 11 is 4.63. The summed E-state index contributed by atoms with van der Waals surface area (Å²) in [5.74, 6) is 0. The number of thiol groups is 1. The van der Waals surface area contributed by atoms with E-state index in [1.807, 2.05) is 12.1 Å². The maximum Gasteiger partial charge on any atom is 0.0119 e. The van der Waals surface area contributed by atoms with Gasteiger partial charge in [0, 0.05) is 4.90 Å². The van der Waals surface area contributed by atoms with Gasteiger partial charge >= 0.3 is 0 Å². The lowest BCUT2D eigenvalue weighted by Crippen LogP contribution is -1.85. The molecule has 0 radical (unpaired) electrons. The molecule has 4 aromatic rings. The van der Waals surface area contributed by atoms with Crippen molar-refractivity contribution < 1.29 is 0 Å². The van der Waals surface area contributed by atoms with Gasteiger partial charge in [0.2, 0.25) is 0 Å². The molecule has 0 N–H and O–H groups in total. The Morgan fingerprint density at radius 3 is 1.95 bits per heavy atom. The molecule has 0 amide bonds. The normalized spacial score (nSPS) is 11.1. The highest BCUT2D eigenvalue weighted by Crippen LogP contribution is 2.36. The molecular weight excluding hydrogens is 272 g/mol. The molecule has 0 saturated heterocycles. The van der Waals surface area contributed by atoms with E-state index in [-0.39, 0.29) is 0 Å². The summed E-state index contributed by atoms with van der Waals surface area (Å²) in [6.07, 6.45) is 0. The van der Waals surface area contributed by atoms with Crippen LogP contribution in [0.1, 0.15) is 0 Å². The van der Waals surface area contributed by atoms with Gasteiger partial charge in [-0.05, 0) is 44.8 Å². The second-order valence-corrected chi connectivity index (χ2v) is 5.69. The molecule has 0 aliphatic heterocycles. The van der Waals surface area contributed by atoms with Crippen LogP contribution in [0.4, 0.5) is 0 Å². The third kappa shape index (κ3) is 2.01. The van der Waals surface area contributed by atoms with E-state index in [0.717, 1.165) is 4.90 Å². The van der Waals surface area contributed by atoms with Crippen molar-refractivity contribution in [3.05, 3.63) is 78.9 Å². The van der Waals surface area contributed by atoms with E-state index in [0.29, 0.717) is 0 Å². The Morgan fingerprint density at radius 1 is 0.524 bits per heavy atom. The monoisotopic (exact) mass is 286 g/mol. The second-order valence-electron chi connectivity index (χ2n) is 5.21. The van der Waals surface area contributed by atoms with Crippen LogP contribution >= 0.6 is 12.6 Å². The molecule has 0 aliphatic rings. The van der Waals surface area contributed by atoms with Gasteiger partial charge in [0.1, 0.15) is 0 Å². The molecule has 100 valence electrons. The Morgan fingerprint density at radius 2 is 1.14 bits per heavy atom. The lowest BCUT2D eigenvalue weighted by Gasteiger charge is -2.12. The third-order valence-corrected chi connectivity index (χ3v) is 4.35. The van der Waals surface area contributed by atoms with Gasteiger partial charge < -0.3 is 0 Å². The van der Waals surface area contributed by atoms with E-state index in [1.165, 1.54) is 32.7 Å². The second kappa shape index (κ2) is 4.94. The van der Waals surface area contributed by atoms with Crippen molar-refractivity contribution >= 4 is 34.2 Å². The zero-order valence-electron chi connectivity index (χ0n) is 11.5. The molecule has 0 aliphatic carbocycles. The zero-order chi connectivity index (χ0) is 14.2. The molecule has 0 heterocycles. The molecule has 0 unspecified atom stereocenters. The number of fused-ring (bicyclic) bond motifs is 3. The predicted molar refractivity (Wildman–Crippen MR) is 94.1 cm³/mol. The summed E-state index contributed by atoms with van der Waals surface area (Å²) in [5.41, 5.74) is 2.43. The van der Waals surface area contributed by atoms with Crippen molar-refractivity contribution in [2.45, 2.75) is 4.90 Å². The van der Waals surface area contributed by atoms with Crippen molar-refractivity contribution in [1.29, 1.82) is 0 Å². The molecule has 0 aromatic heterocycles. The third-order valence-electron chi connectivity index (χ3n) is 3.96. The predicted octanol–water partition coefficient (Wildman–Crippen LogP) is 5.95. The van der Waals surface area contributed by atoms with Crippen LogP contribution in [-0.4, -0.2) is 0 Å². The minimum atomic E-state index is 1.01. The molecule has 4 rings (SSSR count). The Balaban J connectivity index is 2.20. The molecule has 0 spiro atoms. The smallest absolute Gasteiger partial charge is 0.0119 e. The lowest BCUT2D eigenvalue weighted by molar-refractivity contribution is 1.47. The van der Waals surface area contributed by atoms with Crippen molar-refractivity contribution in [2.75, 3.05) is 0 Å². The summed E-state index contributed by atoms with van der Waals surface area (Å²) in [4.78, 5) is 1.01. The van der Waals surface area contributed by atoms with Gasteiger partial charge in [-0.25, -0.2) is 0 Å². The van der Waals surface area contributed by atoms with E-state index in [1.54, 1.807) is 0 Å². The van der Waals surface area contributed by atoms with Gasteiger partial charge in [0.25, 0.3) is 0 Å². The van der Waals surface area contributed by atoms with Gasteiger partial charge in [-0.3, -0.25) is 0 Å². The fourth-order valence-corrected chi connectivity index (χ4v) is 3.26. The highest BCUT2D eigenvalue weighted by molar-refractivity contribution is 7.80.